The highest BCUT2D eigenvalue weighted by molar-refractivity contribution is 6.00. The molecule has 0 bridgehead atoms. The van der Waals surface area contributed by atoms with Crippen LogP contribution in [0.2, 0.25) is 0 Å². The Kier molecular flexibility index (Phi) is 4.53. The second kappa shape index (κ2) is 7.44. The van der Waals surface area contributed by atoms with Gasteiger partial charge >= 0.3 is 5.69 Å². The molecule has 4 heterocycles. The van der Waals surface area contributed by atoms with Gasteiger partial charge in [-0.1, -0.05) is 24.3 Å². The molecule has 0 N–H and O–H groups in total. The maximum Gasteiger partial charge on any atom is 0.323 e. The third-order valence-electron chi connectivity index (χ3n) is 7.27. The lowest BCUT2D eigenvalue weighted by atomic mass is 9.83. The van der Waals surface area contributed by atoms with Crippen molar-refractivity contribution in [3.8, 4) is 0 Å². The Morgan fingerprint density at radius 3 is 2.44 bits per heavy atom. The number of aromatic nitrogens is 2. The topological polar surface area (TPSA) is 97.8 Å². The first kappa shape index (κ1) is 19.5. The minimum atomic E-state index is -0.352. The predicted octanol–water partition coefficient (Wildman–Crippen LogP) is 4.15. The Morgan fingerprint density at radius 2 is 1.66 bits per heavy atom. The third kappa shape index (κ3) is 2.95. The highest BCUT2D eigenvalue weighted by Gasteiger charge is 2.43. The lowest BCUT2D eigenvalue weighted by Gasteiger charge is -2.40. The Labute approximate surface area is 185 Å². The fourth-order valence-electron chi connectivity index (χ4n) is 5.60. The van der Waals surface area contributed by atoms with E-state index in [1.54, 1.807) is 0 Å². The Hall–Kier alpha value is -3.20. The molecule has 2 saturated heterocycles. The monoisotopic (exact) mass is 435 g/mol. The van der Waals surface area contributed by atoms with Gasteiger partial charge in [0.2, 0.25) is 5.52 Å². The van der Waals surface area contributed by atoms with Crippen LogP contribution in [-0.4, -0.2) is 41.4 Å². The molecule has 3 aliphatic heterocycles. The zero-order valence-corrected chi connectivity index (χ0v) is 17.8. The molecule has 2 aromatic carbocycles. The number of fused-ring (bicyclic) bond motifs is 3. The van der Waals surface area contributed by atoms with Crippen molar-refractivity contribution < 1.29 is 14.3 Å². The first-order valence-corrected chi connectivity index (χ1v) is 11.3. The van der Waals surface area contributed by atoms with Crippen LogP contribution in [0.3, 0.4) is 0 Å². The van der Waals surface area contributed by atoms with Crippen molar-refractivity contribution in [1.82, 2.24) is 10.3 Å². The predicted molar refractivity (Wildman–Crippen MR) is 119 cm³/mol. The van der Waals surface area contributed by atoms with E-state index in [1.165, 1.54) is 11.1 Å². The fourth-order valence-corrected chi connectivity index (χ4v) is 5.60. The summed E-state index contributed by atoms with van der Waals surface area (Å²) in [5.74, 6) is 0. The molecule has 166 valence electrons. The number of nitrogens with zero attached hydrogens (tertiary/aromatic N) is 5. The smallest absolute Gasteiger partial charge is 0.323 e. The number of hydrogen-bond donors (Lipinski definition) is 0. The van der Waals surface area contributed by atoms with Crippen LogP contribution in [0, 0.1) is 10.1 Å². The standard InChI is InChI=1S/C23H25N5O4/c29-28(30)22-19(26-10-4-1-5-11-26)14-18(20-21(22)25-32-24-20)27-12-8-23(9-13-27)17-7-3-2-6-16(17)15-31-23/h2-3,6-7,14H,1,4-5,8-13,15H2. The Morgan fingerprint density at radius 1 is 0.938 bits per heavy atom. The number of hydrogen-bond acceptors (Lipinski definition) is 8. The molecule has 1 aromatic heterocycles. The quantitative estimate of drug-likeness (QED) is 0.447. The summed E-state index contributed by atoms with van der Waals surface area (Å²) >= 11 is 0. The zero-order chi connectivity index (χ0) is 21.7. The molecule has 9 nitrogen and oxygen atoms in total. The van der Waals surface area contributed by atoms with Gasteiger partial charge in [-0.25, -0.2) is 4.63 Å². The van der Waals surface area contributed by atoms with E-state index in [-0.39, 0.29) is 21.7 Å². The highest BCUT2D eigenvalue weighted by Crippen LogP contribution is 2.47. The Balaban J connectivity index is 1.37. The van der Waals surface area contributed by atoms with Crippen LogP contribution in [-0.2, 0) is 16.9 Å². The van der Waals surface area contributed by atoms with Crippen LogP contribution < -0.4 is 9.80 Å². The number of nitro benzene ring substituents is 1. The average Bonchev–Trinajstić information content (AvgIpc) is 3.45. The van der Waals surface area contributed by atoms with Gasteiger partial charge in [-0.05, 0) is 59.6 Å². The SMILES string of the molecule is O=[N+]([O-])c1c(N2CCCCC2)cc(N2CCC3(CC2)OCc2ccccc23)c2nonc12. The molecule has 0 radical (unpaired) electrons. The second-order valence-electron chi connectivity index (χ2n) is 8.96. The van der Waals surface area contributed by atoms with E-state index in [9.17, 15) is 10.1 Å². The first-order chi connectivity index (χ1) is 15.7. The summed E-state index contributed by atoms with van der Waals surface area (Å²) in [7, 11) is 0. The lowest BCUT2D eigenvalue weighted by Crippen LogP contribution is -2.42. The van der Waals surface area contributed by atoms with E-state index in [2.05, 4.69) is 44.4 Å². The van der Waals surface area contributed by atoms with Crippen LogP contribution in [0.5, 0.6) is 0 Å². The molecule has 0 saturated carbocycles. The van der Waals surface area contributed by atoms with Gasteiger partial charge in [0.15, 0.2) is 5.52 Å². The van der Waals surface area contributed by atoms with Crippen LogP contribution >= 0.6 is 0 Å². The molecule has 3 aromatic rings. The minimum Gasteiger partial charge on any atom is -0.369 e. The molecule has 3 aliphatic rings. The molecule has 9 heteroatoms. The van der Waals surface area contributed by atoms with Gasteiger partial charge in [0.05, 0.1) is 22.8 Å². The molecular weight excluding hydrogens is 410 g/mol. The van der Waals surface area contributed by atoms with Crippen LogP contribution in [0.4, 0.5) is 17.1 Å². The number of piperidine rings is 2. The molecule has 2 fully saturated rings. The molecule has 0 amide bonds. The highest BCUT2D eigenvalue weighted by atomic mass is 16.6. The number of nitro groups is 1. The van der Waals surface area contributed by atoms with E-state index in [0.29, 0.717) is 17.8 Å². The van der Waals surface area contributed by atoms with Crippen molar-refractivity contribution in [3.63, 3.8) is 0 Å². The van der Waals surface area contributed by atoms with Gasteiger partial charge in [-0.3, -0.25) is 10.1 Å². The average molecular weight is 435 g/mol. The summed E-state index contributed by atoms with van der Waals surface area (Å²) in [6, 6.07) is 10.4. The second-order valence-corrected chi connectivity index (χ2v) is 8.96. The number of anilines is 2. The third-order valence-corrected chi connectivity index (χ3v) is 7.27. The summed E-state index contributed by atoms with van der Waals surface area (Å²) in [6.45, 7) is 3.82. The Bertz CT molecular complexity index is 1180. The van der Waals surface area contributed by atoms with Crippen molar-refractivity contribution >= 4 is 28.1 Å². The van der Waals surface area contributed by atoms with E-state index in [4.69, 9.17) is 9.37 Å². The molecule has 1 spiro atoms. The molecule has 0 unspecified atom stereocenters. The number of ether oxygens (including phenoxy) is 1. The van der Waals surface area contributed by atoms with Crippen molar-refractivity contribution in [2.45, 2.75) is 44.3 Å². The van der Waals surface area contributed by atoms with Crippen LogP contribution in [0.25, 0.3) is 11.0 Å². The molecular formula is C23H25N5O4. The maximum absolute atomic E-state index is 12.0. The van der Waals surface area contributed by atoms with Crippen molar-refractivity contribution in [1.29, 1.82) is 0 Å². The van der Waals surface area contributed by atoms with Gasteiger partial charge in [0.25, 0.3) is 0 Å². The summed E-state index contributed by atoms with van der Waals surface area (Å²) in [5, 5.41) is 20.0. The zero-order valence-electron chi connectivity index (χ0n) is 17.8. The van der Waals surface area contributed by atoms with Gasteiger partial charge in [-0.2, -0.15) is 0 Å². The van der Waals surface area contributed by atoms with Gasteiger partial charge < -0.3 is 14.5 Å². The van der Waals surface area contributed by atoms with Crippen molar-refractivity contribution in [3.05, 3.63) is 51.6 Å². The summed E-state index contributed by atoms with van der Waals surface area (Å²) in [4.78, 5) is 16.0. The van der Waals surface area contributed by atoms with Gasteiger partial charge in [0, 0.05) is 26.2 Å². The van der Waals surface area contributed by atoms with E-state index >= 15 is 0 Å². The normalized spacial score (nSPS) is 20.1. The maximum atomic E-state index is 12.0. The van der Waals surface area contributed by atoms with Crippen molar-refractivity contribution in [2.75, 3.05) is 36.0 Å². The van der Waals surface area contributed by atoms with Crippen molar-refractivity contribution in [2.24, 2.45) is 0 Å². The largest absolute Gasteiger partial charge is 0.369 e. The van der Waals surface area contributed by atoms with Gasteiger partial charge in [0.1, 0.15) is 5.69 Å². The van der Waals surface area contributed by atoms with Crippen LogP contribution in [0.1, 0.15) is 43.2 Å². The van der Waals surface area contributed by atoms with Gasteiger partial charge in [-0.15, -0.1) is 0 Å². The number of benzene rings is 2. The first-order valence-electron chi connectivity index (χ1n) is 11.3. The van der Waals surface area contributed by atoms with E-state index in [1.807, 2.05) is 6.07 Å². The van der Waals surface area contributed by atoms with E-state index < -0.39 is 0 Å². The lowest BCUT2D eigenvalue weighted by molar-refractivity contribution is -0.382. The molecule has 6 rings (SSSR count). The minimum absolute atomic E-state index is 0.00608. The molecule has 0 atom stereocenters. The number of rotatable bonds is 3. The summed E-state index contributed by atoms with van der Waals surface area (Å²) in [6.07, 6.45) is 4.93. The fraction of sp³-hybridized carbons (Fsp3) is 0.478. The summed E-state index contributed by atoms with van der Waals surface area (Å²) in [5.41, 5.74) is 4.48. The van der Waals surface area contributed by atoms with Crippen LogP contribution in [0.15, 0.2) is 35.0 Å². The molecule has 32 heavy (non-hydrogen) atoms. The summed E-state index contributed by atoms with van der Waals surface area (Å²) < 4.78 is 11.3. The molecule has 0 aliphatic carbocycles. The van der Waals surface area contributed by atoms with E-state index in [0.717, 1.165) is 64.0 Å².